The minimum absolute atomic E-state index is 0.00190. The van der Waals surface area contributed by atoms with E-state index in [9.17, 15) is 0 Å². The number of rotatable bonds is 8. The Hall–Kier alpha value is -0.200. The number of nitrogens with zero attached hydrogens (tertiary/aromatic N) is 4. The van der Waals surface area contributed by atoms with Gasteiger partial charge in [-0.05, 0) is 67.5 Å². The summed E-state index contributed by atoms with van der Waals surface area (Å²) in [5.74, 6) is 0. The van der Waals surface area contributed by atoms with Crippen LogP contribution in [0.1, 0.15) is 54.4 Å². The summed E-state index contributed by atoms with van der Waals surface area (Å²) >= 11 is 0. The van der Waals surface area contributed by atoms with Crippen LogP contribution in [0.5, 0.6) is 0 Å². The van der Waals surface area contributed by atoms with E-state index >= 15 is 0 Å². The van der Waals surface area contributed by atoms with Gasteiger partial charge in [0.2, 0.25) is 0 Å². The number of hydrogen-bond acceptors (Lipinski definition) is 5. The summed E-state index contributed by atoms with van der Waals surface area (Å²) in [5.41, 5.74) is 0.322. The van der Waals surface area contributed by atoms with Gasteiger partial charge in [-0.2, -0.15) is 0 Å². The summed E-state index contributed by atoms with van der Waals surface area (Å²) in [7, 11) is 0. The lowest BCUT2D eigenvalue weighted by Gasteiger charge is -2.42. The Bertz CT molecular complexity index is 400. The van der Waals surface area contributed by atoms with Crippen molar-refractivity contribution in [3.05, 3.63) is 0 Å². The van der Waals surface area contributed by atoms with Crippen LogP contribution in [-0.4, -0.2) is 109 Å². The third-order valence-electron chi connectivity index (χ3n) is 5.89. The smallest absolute Gasteiger partial charge is 0.0598 e. The van der Waals surface area contributed by atoms with Gasteiger partial charge >= 0.3 is 0 Å². The van der Waals surface area contributed by atoms with Crippen LogP contribution in [0.15, 0.2) is 0 Å². The first-order valence-electron chi connectivity index (χ1n) is 11.2. The quantitative estimate of drug-likeness (QED) is 0.600. The van der Waals surface area contributed by atoms with Crippen LogP contribution in [-0.2, 0) is 4.74 Å². The van der Waals surface area contributed by atoms with E-state index in [0.29, 0.717) is 5.54 Å². The molecule has 5 nitrogen and oxygen atoms in total. The van der Waals surface area contributed by atoms with Crippen LogP contribution in [0.25, 0.3) is 0 Å². The van der Waals surface area contributed by atoms with Gasteiger partial charge in [0.25, 0.3) is 0 Å². The summed E-state index contributed by atoms with van der Waals surface area (Å²) in [4.78, 5) is 10.5. The molecular weight excluding hydrogens is 336 g/mol. The van der Waals surface area contributed by atoms with Crippen molar-refractivity contribution in [1.29, 1.82) is 0 Å². The summed E-state index contributed by atoms with van der Waals surface area (Å²) < 4.78 is 5.83. The van der Waals surface area contributed by atoms with Gasteiger partial charge in [-0.25, -0.2) is 0 Å². The van der Waals surface area contributed by atoms with Crippen molar-refractivity contribution in [3.63, 3.8) is 0 Å². The number of hydrogen-bond donors (Lipinski definition) is 0. The molecule has 0 amide bonds. The van der Waals surface area contributed by atoms with Crippen molar-refractivity contribution in [2.45, 2.75) is 65.5 Å². The predicted molar refractivity (Wildman–Crippen MR) is 116 cm³/mol. The lowest BCUT2D eigenvalue weighted by atomic mass is 10.0. The molecule has 5 heteroatoms. The molecule has 0 radical (unpaired) electrons. The highest BCUT2D eigenvalue weighted by atomic mass is 16.5. The first kappa shape index (κ1) is 23.1. The van der Waals surface area contributed by atoms with Gasteiger partial charge in [0.05, 0.1) is 5.60 Å². The maximum absolute atomic E-state index is 5.83. The van der Waals surface area contributed by atoms with E-state index in [1.165, 1.54) is 78.4 Å². The van der Waals surface area contributed by atoms with Crippen molar-refractivity contribution in [2.24, 2.45) is 0 Å². The average Bonchev–Trinajstić information content (AvgIpc) is 2.59. The van der Waals surface area contributed by atoms with Gasteiger partial charge in [-0.15, -0.1) is 0 Å². The van der Waals surface area contributed by atoms with Crippen LogP contribution >= 0.6 is 0 Å². The SMILES string of the molecule is CC(C)(C)OCCCN1CCN(CCCN2CCN(C(C)(C)C)CC2)CC1. The largest absolute Gasteiger partial charge is 0.376 e. The van der Waals surface area contributed by atoms with E-state index < -0.39 is 0 Å². The Labute approximate surface area is 169 Å². The normalized spacial score (nSPS) is 22.4. The molecule has 0 unspecified atom stereocenters. The van der Waals surface area contributed by atoms with Crippen LogP contribution < -0.4 is 0 Å². The van der Waals surface area contributed by atoms with E-state index in [0.717, 1.165) is 13.0 Å². The molecule has 0 spiro atoms. The highest BCUT2D eigenvalue weighted by Crippen LogP contribution is 2.16. The molecule has 0 bridgehead atoms. The molecule has 27 heavy (non-hydrogen) atoms. The highest BCUT2D eigenvalue weighted by molar-refractivity contribution is 4.82. The molecule has 0 aliphatic carbocycles. The molecule has 160 valence electrons. The second kappa shape index (κ2) is 10.5. The minimum Gasteiger partial charge on any atom is -0.376 e. The molecule has 0 aromatic carbocycles. The Morgan fingerprint density at radius 3 is 1.41 bits per heavy atom. The van der Waals surface area contributed by atoms with E-state index in [1.807, 2.05) is 0 Å². The minimum atomic E-state index is -0.00190. The maximum Gasteiger partial charge on any atom is 0.0598 e. The zero-order chi connectivity index (χ0) is 19.9. The van der Waals surface area contributed by atoms with Gasteiger partial charge in [0.15, 0.2) is 0 Å². The van der Waals surface area contributed by atoms with E-state index in [-0.39, 0.29) is 5.60 Å². The van der Waals surface area contributed by atoms with Crippen molar-refractivity contribution >= 4 is 0 Å². The average molecular weight is 383 g/mol. The van der Waals surface area contributed by atoms with Crippen LogP contribution in [0.3, 0.4) is 0 Å². The molecule has 2 aliphatic heterocycles. The first-order chi connectivity index (χ1) is 12.6. The fourth-order valence-electron chi connectivity index (χ4n) is 4.06. The summed E-state index contributed by atoms with van der Waals surface area (Å²) in [6, 6.07) is 0. The number of piperazine rings is 2. The van der Waals surface area contributed by atoms with Crippen molar-refractivity contribution in [1.82, 2.24) is 19.6 Å². The Kier molecular flexibility index (Phi) is 9.01. The molecule has 2 heterocycles. The van der Waals surface area contributed by atoms with E-state index in [1.54, 1.807) is 0 Å². The second-order valence-corrected chi connectivity index (χ2v) is 10.4. The van der Waals surface area contributed by atoms with Crippen molar-refractivity contribution in [2.75, 3.05) is 78.6 Å². The molecule has 2 rings (SSSR count). The molecule has 2 fully saturated rings. The molecular formula is C22H46N4O. The standard InChI is InChI=1S/C22H46N4O/c1-21(2,3)26-18-16-24(17-19-26)10-7-9-23-12-14-25(15-13-23)11-8-20-27-22(4,5)6/h7-20H2,1-6H3. The Morgan fingerprint density at radius 1 is 0.593 bits per heavy atom. The van der Waals surface area contributed by atoms with Gasteiger partial charge in [0.1, 0.15) is 0 Å². The summed E-state index contributed by atoms with van der Waals surface area (Å²) in [6.07, 6.45) is 2.47. The molecule has 2 saturated heterocycles. The Balaban J connectivity index is 1.49. The second-order valence-electron chi connectivity index (χ2n) is 10.4. The van der Waals surface area contributed by atoms with Gasteiger partial charge in [-0.1, -0.05) is 0 Å². The van der Waals surface area contributed by atoms with Crippen LogP contribution in [0, 0.1) is 0 Å². The fraction of sp³-hybridized carbons (Fsp3) is 1.00. The highest BCUT2D eigenvalue weighted by Gasteiger charge is 2.25. The molecule has 0 aromatic rings. The fourth-order valence-corrected chi connectivity index (χ4v) is 4.06. The maximum atomic E-state index is 5.83. The van der Waals surface area contributed by atoms with Gasteiger partial charge < -0.3 is 19.4 Å². The topological polar surface area (TPSA) is 22.2 Å². The summed E-state index contributed by atoms with van der Waals surface area (Å²) in [5, 5.41) is 0. The molecule has 0 saturated carbocycles. The van der Waals surface area contributed by atoms with Crippen LogP contribution in [0.4, 0.5) is 0 Å². The predicted octanol–water partition coefficient (Wildman–Crippen LogP) is 2.62. The lowest BCUT2D eigenvalue weighted by Crippen LogP contribution is -2.53. The third-order valence-corrected chi connectivity index (χ3v) is 5.89. The molecule has 0 atom stereocenters. The van der Waals surface area contributed by atoms with Gasteiger partial charge in [0, 0.05) is 71.0 Å². The molecule has 0 N–H and O–H groups in total. The zero-order valence-electron chi connectivity index (χ0n) is 19.1. The lowest BCUT2D eigenvalue weighted by molar-refractivity contribution is -0.00839. The van der Waals surface area contributed by atoms with E-state index in [2.05, 4.69) is 61.1 Å². The molecule has 2 aliphatic rings. The zero-order valence-corrected chi connectivity index (χ0v) is 19.1. The van der Waals surface area contributed by atoms with Crippen molar-refractivity contribution < 1.29 is 4.74 Å². The monoisotopic (exact) mass is 382 g/mol. The van der Waals surface area contributed by atoms with E-state index in [4.69, 9.17) is 4.74 Å². The first-order valence-corrected chi connectivity index (χ1v) is 11.2. The van der Waals surface area contributed by atoms with Gasteiger partial charge in [-0.3, -0.25) is 4.90 Å². The molecule has 0 aromatic heterocycles. The van der Waals surface area contributed by atoms with Crippen LogP contribution in [0.2, 0.25) is 0 Å². The summed E-state index contributed by atoms with van der Waals surface area (Å²) in [6.45, 7) is 27.8. The third kappa shape index (κ3) is 9.23. The number of ether oxygens (including phenoxy) is 1. The Morgan fingerprint density at radius 2 is 1.00 bits per heavy atom. The van der Waals surface area contributed by atoms with Crippen molar-refractivity contribution in [3.8, 4) is 0 Å².